The number of rotatable bonds is 7. The van der Waals surface area contributed by atoms with Crippen LogP contribution in [0.15, 0.2) is 30.6 Å². The van der Waals surface area contributed by atoms with Gasteiger partial charge in [-0.15, -0.1) is 0 Å². The molecule has 0 atom stereocenters. The highest BCUT2D eigenvalue weighted by molar-refractivity contribution is 7.88. The van der Waals surface area contributed by atoms with E-state index in [0.717, 1.165) is 69.5 Å². The number of likely N-dealkylation sites (tertiary alicyclic amines) is 2. The van der Waals surface area contributed by atoms with Gasteiger partial charge in [0.05, 0.1) is 6.26 Å². The predicted molar refractivity (Wildman–Crippen MR) is 149 cm³/mol. The molecule has 1 amide bonds. The molecule has 0 unspecified atom stereocenters. The zero-order valence-corrected chi connectivity index (χ0v) is 23.6. The molecule has 5 rings (SSSR count). The standard InChI is InChI=1S/C28H40N6O3S/c1-20-26(30-19-31-27(20)29-18-21-16-22-6-4-5-7-23(22)17-21)28(35)34-14-10-25(11-15-34)33-12-8-24(9-13-33)32(2)38(3,36)37/h4-7,19,21,24-25H,8-18H2,1-3H3,(H,29,30,31). The number of carbonyl (C=O) groups excluding carboxylic acids is 1. The number of hydrogen-bond donors (Lipinski definition) is 1. The van der Waals surface area contributed by atoms with Gasteiger partial charge in [-0.1, -0.05) is 24.3 Å². The molecule has 0 spiro atoms. The van der Waals surface area contributed by atoms with Gasteiger partial charge in [0, 0.05) is 44.3 Å². The van der Waals surface area contributed by atoms with Crippen LogP contribution in [0, 0.1) is 12.8 Å². The molecule has 3 heterocycles. The summed E-state index contributed by atoms with van der Waals surface area (Å²) in [6.45, 7) is 5.97. The minimum atomic E-state index is -3.16. The van der Waals surface area contributed by atoms with Gasteiger partial charge in [-0.05, 0) is 75.6 Å². The van der Waals surface area contributed by atoms with E-state index in [9.17, 15) is 13.2 Å². The highest BCUT2D eigenvalue weighted by atomic mass is 32.2. The minimum Gasteiger partial charge on any atom is -0.369 e. The molecule has 0 radical (unpaired) electrons. The molecule has 9 nitrogen and oxygen atoms in total. The Balaban J connectivity index is 1.12. The summed E-state index contributed by atoms with van der Waals surface area (Å²) in [6, 6.07) is 9.15. The normalized spacial score (nSPS) is 20.2. The number of nitrogens with one attached hydrogen (secondary N) is 1. The van der Waals surface area contributed by atoms with Gasteiger partial charge in [0.1, 0.15) is 17.8 Å². The Morgan fingerprint density at radius 2 is 1.66 bits per heavy atom. The molecule has 0 saturated carbocycles. The Morgan fingerprint density at radius 1 is 1.03 bits per heavy atom. The molecule has 1 aromatic carbocycles. The molecule has 2 fully saturated rings. The van der Waals surface area contributed by atoms with E-state index < -0.39 is 10.0 Å². The lowest BCUT2D eigenvalue weighted by molar-refractivity contribution is 0.0542. The number of anilines is 1. The second-order valence-electron chi connectivity index (χ2n) is 11.2. The Morgan fingerprint density at radius 3 is 2.26 bits per heavy atom. The van der Waals surface area contributed by atoms with Crippen molar-refractivity contribution in [2.75, 3.05) is 51.3 Å². The molecule has 1 N–H and O–H groups in total. The SMILES string of the molecule is Cc1c(NCC2Cc3ccccc3C2)ncnc1C(=O)N1CCC(N2CCC(N(C)S(C)(=O)=O)CC2)CC1. The first-order valence-electron chi connectivity index (χ1n) is 13.8. The second-order valence-corrected chi connectivity index (χ2v) is 13.2. The monoisotopic (exact) mass is 540 g/mol. The largest absolute Gasteiger partial charge is 0.369 e. The van der Waals surface area contributed by atoms with Gasteiger partial charge >= 0.3 is 0 Å². The van der Waals surface area contributed by atoms with Crippen LogP contribution in [0.5, 0.6) is 0 Å². The van der Waals surface area contributed by atoms with Crippen LogP contribution in [0.25, 0.3) is 0 Å². The summed E-state index contributed by atoms with van der Waals surface area (Å²) in [5.41, 5.74) is 4.17. The van der Waals surface area contributed by atoms with Crippen molar-refractivity contribution in [1.82, 2.24) is 24.1 Å². The van der Waals surface area contributed by atoms with Crippen LogP contribution in [0.1, 0.15) is 52.9 Å². The number of carbonyl (C=O) groups is 1. The average molecular weight is 541 g/mol. The minimum absolute atomic E-state index is 0.0202. The van der Waals surface area contributed by atoms with Crippen molar-refractivity contribution in [2.24, 2.45) is 5.92 Å². The summed E-state index contributed by atoms with van der Waals surface area (Å²) < 4.78 is 25.3. The molecule has 2 saturated heterocycles. The van der Waals surface area contributed by atoms with Crippen LogP contribution in [0.3, 0.4) is 0 Å². The van der Waals surface area contributed by atoms with Gasteiger partial charge < -0.3 is 15.1 Å². The van der Waals surface area contributed by atoms with E-state index in [2.05, 4.69) is 44.5 Å². The van der Waals surface area contributed by atoms with Crippen molar-refractivity contribution >= 4 is 21.7 Å². The fourth-order valence-corrected chi connectivity index (χ4v) is 7.10. The molecule has 206 valence electrons. The number of piperidine rings is 2. The molecular weight excluding hydrogens is 500 g/mol. The average Bonchev–Trinajstić information content (AvgIpc) is 3.34. The molecule has 2 aromatic rings. The van der Waals surface area contributed by atoms with Crippen LogP contribution in [-0.4, -0.2) is 96.5 Å². The third-order valence-corrected chi connectivity index (χ3v) is 10.1. The number of fused-ring (bicyclic) bond motifs is 1. The van der Waals surface area contributed by atoms with E-state index >= 15 is 0 Å². The second kappa shape index (κ2) is 11.3. The maximum atomic E-state index is 13.4. The summed E-state index contributed by atoms with van der Waals surface area (Å²) in [7, 11) is -1.47. The third kappa shape index (κ3) is 5.87. The molecule has 38 heavy (non-hydrogen) atoms. The van der Waals surface area contributed by atoms with Gasteiger partial charge in [-0.2, -0.15) is 0 Å². The highest BCUT2D eigenvalue weighted by Crippen LogP contribution is 2.28. The van der Waals surface area contributed by atoms with E-state index in [1.54, 1.807) is 7.05 Å². The number of amides is 1. The van der Waals surface area contributed by atoms with Gasteiger partial charge in [0.25, 0.3) is 5.91 Å². The topological polar surface area (TPSA) is 98.7 Å². The van der Waals surface area contributed by atoms with Crippen molar-refractivity contribution in [3.63, 3.8) is 0 Å². The van der Waals surface area contributed by atoms with Crippen molar-refractivity contribution in [1.29, 1.82) is 0 Å². The Bertz CT molecular complexity index is 1230. The lowest BCUT2D eigenvalue weighted by atomic mass is 9.97. The van der Waals surface area contributed by atoms with E-state index in [4.69, 9.17) is 0 Å². The maximum Gasteiger partial charge on any atom is 0.272 e. The van der Waals surface area contributed by atoms with Gasteiger partial charge in [0.2, 0.25) is 10.0 Å². The summed E-state index contributed by atoms with van der Waals surface area (Å²) in [6.07, 6.45) is 8.47. The summed E-state index contributed by atoms with van der Waals surface area (Å²) in [5, 5.41) is 3.49. The highest BCUT2D eigenvalue weighted by Gasteiger charge is 2.33. The van der Waals surface area contributed by atoms with Crippen molar-refractivity contribution in [2.45, 2.75) is 57.5 Å². The number of benzene rings is 1. The fraction of sp³-hybridized carbons (Fsp3) is 0.607. The zero-order valence-electron chi connectivity index (χ0n) is 22.8. The van der Waals surface area contributed by atoms with Crippen molar-refractivity contribution in [3.05, 3.63) is 53.0 Å². The predicted octanol–water partition coefficient (Wildman–Crippen LogP) is 2.57. The lowest BCUT2D eigenvalue weighted by Crippen LogP contribution is -2.52. The van der Waals surface area contributed by atoms with Crippen molar-refractivity contribution in [3.8, 4) is 0 Å². The van der Waals surface area contributed by atoms with Gasteiger partial charge in [0.15, 0.2) is 0 Å². The fourth-order valence-electron chi connectivity index (χ4n) is 6.35. The number of sulfonamides is 1. The number of aromatic nitrogens is 2. The van der Waals surface area contributed by atoms with Crippen LogP contribution >= 0.6 is 0 Å². The molecular formula is C28H40N6O3S. The van der Waals surface area contributed by atoms with Crippen LogP contribution in [-0.2, 0) is 22.9 Å². The molecule has 0 bridgehead atoms. The summed E-state index contributed by atoms with van der Waals surface area (Å²) in [4.78, 5) is 26.6. The molecule has 1 aliphatic carbocycles. The van der Waals surface area contributed by atoms with E-state index in [-0.39, 0.29) is 11.9 Å². The van der Waals surface area contributed by atoms with Crippen molar-refractivity contribution < 1.29 is 13.2 Å². The number of hydrogen-bond acceptors (Lipinski definition) is 7. The van der Waals surface area contributed by atoms with Gasteiger partial charge in [-0.25, -0.2) is 22.7 Å². The lowest BCUT2D eigenvalue weighted by Gasteiger charge is -2.43. The smallest absolute Gasteiger partial charge is 0.272 e. The molecule has 1 aromatic heterocycles. The Labute approximate surface area is 226 Å². The van der Waals surface area contributed by atoms with Crippen LogP contribution in [0.4, 0.5) is 5.82 Å². The number of nitrogens with zero attached hydrogens (tertiary/aromatic N) is 5. The summed E-state index contributed by atoms with van der Waals surface area (Å²) >= 11 is 0. The van der Waals surface area contributed by atoms with Crippen LogP contribution < -0.4 is 5.32 Å². The Kier molecular flexibility index (Phi) is 8.02. The molecule has 3 aliphatic rings. The molecule has 2 aliphatic heterocycles. The van der Waals surface area contributed by atoms with E-state index in [1.165, 1.54) is 28.0 Å². The zero-order chi connectivity index (χ0) is 26.9. The van der Waals surface area contributed by atoms with Gasteiger partial charge in [-0.3, -0.25) is 4.79 Å². The van der Waals surface area contributed by atoms with Crippen LogP contribution in [0.2, 0.25) is 0 Å². The van der Waals surface area contributed by atoms with E-state index in [0.29, 0.717) is 30.7 Å². The summed E-state index contributed by atoms with van der Waals surface area (Å²) in [5.74, 6) is 1.25. The quantitative estimate of drug-likeness (QED) is 0.576. The molecule has 10 heteroatoms. The van der Waals surface area contributed by atoms with E-state index in [1.807, 2.05) is 11.8 Å². The first-order chi connectivity index (χ1) is 18.2. The third-order valence-electron chi connectivity index (χ3n) is 8.78. The first-order valence-corrected chi connectivity index (χ1v) is 15.6. The Hall–Kier alpha value is -2.56. The maximum absolute atomic E-state index is 13.4. The first kappa shape index (κ1) is 27.0.